The third-order valence-electron chi connectivity index (χ3n) is 7.01. The number of nitrogens with zero attached hydrogens (tertiary/aromatic N) is 2. The van der Waals surface area contributed by atoms with E-state index in [-0.39, 0.29) is 30.5 Å². The number of rotatable bonds is 4. The zero-order chi connectivity index (χ0) is 24.4. The Morgan fingerprint density at radius 1 is 1.09 bits per heavy atom. The minimum Gasteiger partial charge on any atom is -0.352 e. The molecule has 2 saturated heterocycles. The summed E-state index contributed by atoms with van der Waals surface area (Å²) in [6.45, 7) is 0.865. The molecule has 1 amide bonds. The molecule has 5 nitrogen and oxygen atoms in total. The number of likely N-dealkylation sites (tertiary alicyclic amines) is 1. The van der Waals surface area contributed by atoms with Gasteiger partial charge in [0.05, 0.1) is 0 Å². The minimum absolute atomic E-state index is 0.0391. The molecule has 9 heteroatoms. The molecule has 2 aromatic carbocycles. The number of pyridine rings is 1. The van der Waals surface area contributed by atoms with Crippen molar-refractivity contribution in [2.24, 2.45) is 0 Å². The monoisotopic (exact) mass is 591 g/mol. The molecule has 0 spiro atoms. The molecule has 3 aromatic rings. The summed E-state index contributed by atoms with van der Waals surface area (Å²) in [5, 5.41) is 2.86. The second-order valence-electron chi connectivity index (χ2n) is 9.34. The number of anilines is 1. The fraction of sp³-hybridized carbons (Fsp3) is 0.308. The van der Waals surface area contributed by atoms with Crippen LogP contribution in [0.5, 0.6) is 0 Å². The number of alkyl halides is 5. The van der Waals surface area contributed by atoms with Gasteiger partial charge >= 0.3 is 189 Å². The standard InChI is InChI=1S/C26H23F3IN4O/c27-26(28,29)14-34-12-22-25(13-34,30-22)19-4-1-15(2-5-19)18-10-21(23(31)33-11-18)16-3-6-20-17(9-16)7-8-32-24(20)35/h1-6,9-11,22H,7-8,12-14H2,(H2,31,33)(H,32,35)/q-1/t22-,25-/m1/s1. The summed E-state index contributed by atoms with van der Waals surface area (Å²) < 4.78 is 38.9. The number of hydrogen-bond donors (Lipinski definition) is 2. The molecule has 182 valence electrons. The maximum atomic E-state index is 12.8. The van der Waals surface area contributed by atoms with Crippen molar-refractivity contribution in [3.8, 4) is 22.3 Å². The Kier molecular flexibility index (Phi) is 5.33. The first-order valence-electron chi connectivity index (χ1n) is 11.4. The van der Waals surface area contributed by atoms with Gasteiger partial charge in [-0.1, -0.05) is 0 Å². The van der Waals surface area contributed by atoms with Crippen LogP contribution in [0, 0.1) is 0 Å². The van der Waals surface area contributed by atoms with Crippen molar-refractivity contribution in [2.45, 2.75) is 19.9 Å². The van der Waals surface area contributed by atoms with Gasteiger partial charge in [-0.15, -0.1) is 0 Å². The molecule has 2 atom stereocenters. The first-order chi connectivity index (χ1) is 16.7. The number of nitrogen functional groups attached to an aromatic ring is 1. The molecule has 6 rings (SSSR count). The number of halogens is 4. The van der Waals surface area contributed by atoms with Crippen LogP contribution in [0.3, 0.4) is 0 Å². The predicted octanol–water partition coefficient (Wildman–Crippen LogP) is 0.828. The number of carbonyl (C=O) groups excluding carboxylic acids is 1. The first-order valence-corrected chi connectivity index (χ1v) is 13.8. The van der Waals surface area contributed by atoms with Gasteiger partial charge in [0.15, 0.2) is 0 Å². The van der Waals surface area contributed by atoms with Crippen LogP contribution in [0.4, 0.5) is 19.0 Å². The fourth-order valence-electron chi connectivity index (χ4n) is 5.24. The molecule has 1 aromatic heterocycles. The number of carbonyl (C=O) groups is 1. The van der Waals surface area contributed by atoms with E-state index in [1.807, 2.05) is 36.4 Å². The van der Waals surface area contributed by atoms with Crippen molar-refractivity contribution >= 4 is 11.7 Å². The zero-order valence-corrected chi connectivity index (χ0v) is 20.9. The van der Waals surface area contributed by atoms with Crippen molar-refractivity contribution in [1.29, 1.82) is 0 Å². The number of nitrogens with one attached hydrogen (secondary N) is 1. The number of amides is 1. The van der Waals surface area contributed by atoms with Crippen molar-refractivity contribution in [2.75, 3.05) is 31.9 Å². The molecule has 2 fully saturated rings. The molecular weight excluding hydrogens is 568 g/mol. The summed E-state index contributed by atoms with van der Waals surface area (Å²) in [6, 6.07) is 15.9. The van der Waals surface area contributed by atoms with Crippen LogP contribution in [-0.4, -0.2) is 52.1 Å². The van der Waals surface area contributed by atoms with Gasteiger partial charge in [-0.25, -0.2) is 0 Å². The molecule has 3 aliphatic rings. The SMILES string of the molecule is Nc1ncc(-c2ccc([C@]34CN(CC(F)(F)F)C[C@H]3[I-]4)cc2)cc1-c1ccc2c(c1)CCNC2=O. The molecule has 0 bridgehead atoms. The van der Waals surface area contributed by atoms with Crippen molar-refractivity contribution < 1.29 is 39.2 Å². The van der Waals surface area contributed by atoms with Gasteiger partial charge in [-0.3, -0.25) is 4.79 Å². The van der Waals surface area contributed by atoms with Gasteiger partial charge in [0, 0.05) is 6.54 Å². The summed E-state index contributed by atoms with van der Waals surface area (Å²) >= 11 is -0.117. The van der Waals surface area contributed by atoms with E-state index >= 15 is 0 Å². The number of fused-ring (bicyclic) bond motifs is 2. The number of benzene rings is 2. The van der Waals surface area contributed by atoms with Gasteiger partial charge < -0.3 is 5.32 Å². The van der Waals surface area contributed by atoms with E-state index in [0.29, 0.717) is 34.9 Å². The van der Waals surface area contributed by atoms with E-state index in [4.69, 9.17) is 5.73 Å². The Hall–Kier alpha value is -2.66. The Labute approximate surface area is 211 Å². The van der Waals surface area contributed by atoms with Gasteiger partial charge in [0.1, 0.15) is 0 Å². The van der Waals surface area contributed by atoms with Crippen LogP contribution in [-0.2, 0) is 9.84 Å². The number of nitrogens with two attached hydrogens (primary N) is 1. The Morgan fingerprint density at radius 3 is 2.63 bits per heavy atom. The van der Waals surface area contributed by atoms with Crippen LogP contribution in [0.15, 0.2) is 54.7 Å². The van der Waals surface area contributed by atoms with Gasteiger partial charge in [0.2, 0.25) is 0 Å². The summed E-state index contributed by atoms with van der Waals surface area (Å²) in [5.74, 6) is 0.368. The average Bonchev–Trinajstić information content (AvgIpc) is 3.40. The van der Waals surface area contributed by atoms with E-state index < -0.39 is 12.7 Å². The molecule has 3 aliphatic heterocycles. The quantitative estimate of drug-likeness (QED) is 0.349. The van der Waals surface area contributed by atoms with Crippen LogP contribution in [0.1, 0.15) is 21.5 Å². The summed E-state index contributed by atoms with van der Waals surface area (Å²) in [5.41, 5.74) is 12.7. The second-order valence-corrected chi connectivity index (χ2v) is 13.4. The molecule has 4 heterocycles. The fourth-order valence-corrected chi connectivity index (χ4v) is 9.31. The van der Waals surface area contributed by atoms with E-state index in [9.17, 15) is 18.0 Å². The number of aromatic nitrogens is 1. The summed E-state index contributed by atoms with van der Waals surface area (Å²) in [6.07, 6.45) is -1.63. The molecule has 3 N–H and O–H groups in total. The van der Waals surface area contributed by atoms with Gasteiger partial charge in [-0.2, -0.15) is 0 Å². The van der Waals surface area contributed by atoms with Crippen molar-refractivity contribution in [3.05, 3.63) is 71.4 Å². The summed E-state index contributed by atoms with van der Waals surface area (Å²) in [7, 11) is 0. The summed E-state index contributed by atoms with van der Waals surface area (Å²) in [4.78, 5) is 18.0. The number of hydrogen-bond acceptors (Lipinski definition) is 4. The average molecular weight is 591 g/mol. The van der Waals surface area contributed by atoms with E-state index in [2.05, 4.69) is 22.4 Å². The smallest absolute Gasteiger partial charge is 0.352 e. The molecule has 0 aliphatic carbocycles. The van der Waals surface area contributed by atoms with Crippen LogP contribution in [0.2, 0.25) is 0 Å². The molecule has 35 heavy (non-hydrogen) atoms. The third-order valence-corrected chi connectivity index (χ3v) is 11.4. The van der Waals surface area contributed by atoms with Gasteiger partial charge in [-0.05, 0) is 0 Å². The molecule has 0 saturated carbocycles. The first kappa shape index (κ1) is 22.8. The topological polar surface area (TPSA) is 71.2 Å². The molecule has 0 radical (unpaired) electrons. The van der Waals surface area contributed by atoms with E-state index in [1.54, 1.807) is 11.1 Å². The Morgan fingerprint density at radius 2 is 1.86 bits per heavy atom. The Balaban J connectivity index is 1.25. The van der Waals surface area contributed by atoms with Crippen LogP contribution < -0.4 is 32.3 Å². The predicted molar refractivity (Wildman–Crippen MR) is 124 cm³/mol. The van der Waals surface area contributed by atoms with Crippen molar-refractivity contribution in [3.63, 3.8) is 0 Å². The zero-order valence-electron chi connectivity index (χ0n) is 18.7. The van der Waals surface area contributed by atoms with E-state index in [1.165, 1.54) is 0 Å². The van der Waals surface area contributed by atoms with Crippen LogP contribution >= 0.6 is 0 Å². The molecular formula is C26H23F3IN4O-. The normalized spacial score (nSPS) is 23.7. The Bertz CT molecular complexity index is 1330. The maximum absolute atomic E-state index is 12.8. The second kappa shape index (κ2) is 8.19. The van der Waals surface area contributed by atoms with E-state index in [0.717, 1.165) is 39.8 Å². The van der Waals surface area contributed by atoms with Crippen LogP contribution in [0.25, 0.3) is 22.3 Å². The van der Waals surface area contributed by atoms with Crippen molar-refractivity contribution in [1.82, 2.24) is 15.2 Å². The molecule has 0 unspecified atom stereocenters. The van der Waals surface area contributed by atoms with Gasteiger partial charge in [0.25, 0.3) is 5.91 Å². The third kappa shape index (κ3) is 4.18. The minimum atomic E-state index is -4.15.